The SMILES string of the molecule is CCOC(=O)C=C(C)c1ccc(OCCOC)cc1OCc1ccccc1. The van der Waals surface area contributed by atoms with Gasteiger partial charge in [-0.05, 0) is 37.1 Å². The summed E-state index contributed by atoms with van der Waals surface area (Å²) in [6, 6.07) is 15.5. The molecule has 0 N–H and O–H groups in total. The molecule has 0 bridgehead atoms. The summed E-state index contributed by atoms with van der Waals surface area (Å²) in [5, 5.41) is 0. The molecule has 0 aliphatic carbocycles. The lowest BCUT2D eigenvalue weighted by atomic mass is 10.1. The molecule has 0 aliphatic rings. The molecule has 5 heteroatoms. The van der Waals surface area contributed by atoms with Crippen molar-refractivity contribution in [2.24, 2.45) is 0 Å². The van der Waals surface area contributed by atoms with E-state index in [-0.39, 0.29) is 5.97 Å². The number of carbonyl (C=O) groups excluding carboxylic acids is 1. The minimum absolute atomic E-state index is 0.340. The molecule has 0 fully saturated rings. The van der Waals surface area contributed by atoms with Crippen LogP contribution < -0.4 is 9.47 Å². The highest BCUT2D eigenvalue weighted by atomic mass is 16.5. The maximum Gasteiger partial charge on any atom is 0.331 e. The van der Waals surface area contributed by atoms with Gasteiger partial charge in [-0.3, -0.25) is 0 Å². The number of allylic oxidation sites excluding steroid dienone is 1. The van der Waals surface area contributed by atoms with Gasteiger partial charge in [-0.1, -0.05) is 30.3 Å². The highest BCUT2D eigenvalue weighted by Crippen LogP contribution is 2.31. The van der Waals surface area contributed by atoms with Gasteiger partial charge < -0.3 is 18.9 Å². The van der Waals surface area contributed by atoms with E-state index >= 15 is 0 Å². The summed E-state index contributed by atoms with van der Waals surface area (Å²) in [5.74, 6) is 0.957. The first kappa shape index (κ1) is 20.5. The third-order valence-electron chi connectivity index (χ3n) is 3.79. The molecule has 0 unspecified atom stereocenters. The summed E-state index contributed by atoms with van der Waals surface area (Å²) < 4.78 is 21.7. The Morgan fingerprint density at radius 1 is 1.04 bits per heavy atom. The number of rotatable bonds is 10. The van der Waals surface area contributed by atoms with E-state index in [2.05, 4.69) is 0 Å². The lowest BCUT2D eigenvalue weighted by molar-refractivity contribution is -0.137. The normalized spacial score (nSPS) is 11.1. The van der Waals surface area contributed by atoms with Crippen LogP contribution in [0.25, 0.3) is 5.57 Å². The van der Waals surface area contributed by atoms with Crippen molar-refractivity contribution in [2.45, 2.75) is 20.5 Å². The minimum Gasteiger partial charge on any atom is -0.491 e. The number of hydrogen-bond donors (Lipinski definition) is 0. The molecule has 0 aromatic heterocycles. The monoisotopic (exact) mass is 370 g/mol. The standard InChI is InChI=1S/C22H26O5/c1-4-25-22(23)14-17(2)20-11-10-19(26-13-12-24-3)15-21(20)27-16-18-8-6-5-7-9-18/h5-11,14-15H,4,12-13,16H2,1-3H3. The summed E-state index contributed by atoms with van der Waals surface area (Å²) in [6.45, 7) is 5.35. The van der Waals surface area contributed by atoms with Crippen LogP contribution in [0.15, 0.2) is 54.6 Å². The lowest BCUT2D eigenvalue weighted by Gasteiger charge is -2.14. The van der Waals surface area contributed by atoms with Crippen LogP contribution in [0, 0.1) is 0 Å². The molecule has 2 aromatic carbocycles. The predicted molar refractivity (Wildman–Crippen MR) is 105 cm³/mol. The molecular weight excluding hydrogens is 344 g/mol. The molecule has 0 spiro atoms. The van der Waals surface area contributed by atoms with Gasteiger partial charge in [0.05, 0.1) is 13.2 Å². The van der Waals surface area contributed by atoms with Crippen molar-refractivity contribution in [1.82, 2.24) is 0 Å². The molecule has 0 heterocycles. The Morgan fingerprint density at radius 2 is 1.81 bits per heavy atom. The fourth-order valence-electron chi connectivity index (χ4n) is 2.45. The van der Waals surface area contributed by atoms with Crippen molar-refractivity contribution in [3.63, 3.8) is 0 Å². The first-order valence-corrected chi connectivity index (χ1v) is 8.92. The molecular formula is C22H26O5. The van der Waals surface area contributed by atoms with Crippen LogP contribution in [-0.2, 0) is 20.9 Å². The number of benzene rings is 2. The Bertz CT molecular complexity index is 753. The molecule has 27 heavy (non-hydrogen) atoms. The number of hydrogen-bond acceptors (Lipinski definition) is 5. The quantitative estimate of drug-likeness (QED) is 0.355. The van der Waals surface area contributed by atoms with Gasteiger partial charge in [0.1, 0.15) is 24.7 Å². The molecule has 0 aliphatic heterocycles. The molecule has 2 rings (SSSR count). The van der Waals surface area contributed by atoms with Crippen molar-refractivity contribution in [3.8, 4) is 11.5 Å². The molecule has 0 radical (unpaired) electrons. The maximum atomic E-state index is 11.8. The van der Waals surface area contributed by atoms with Crippen LogP contribution >= 0.6 is 0 Å². The van der Waals surface area contributed by atoms with Gasteiger partial charge in [0.25, 0.3) is 0 Å². The van der Waals surface area contributed by atoms with E-state index in [0.29, 0.717) is 37.9 Å². The summed E-state index contributed by atoms with van der Waals surface area (Å²) in [7, 11) is 1.63. The van der Waals surface area contributed by atoms with Gasteiger partial charge in [-0.25, -0.2) is 4.79 Å². The Balaban J connectivity index is 2.23. The molecule has 0 amide bonds. The maximum absolute atomic E-state index is 11.8. The van der Waals surface area contributed by atoms with E-state index in [1.54, 1.807) is 14.0 Å². The van der Waals surface area contributed by atoms with Crippen molar-refractivity contribution in [3.05, 3.63) is 65.7 Å². The van der Waals surface area contributed by atoms with E-state index in [0.717, 1.165) is 16.7 Å². The van der Waals surface area contributed by atoms with Crippen LogP contribution in [0.1, 0.15) is 25.0 Å². The second-order valence-electron chi connectivity index (χ2n) is 5.85. The highest BCUT2D eigenvalue weighted by molar-refractivity contribution is 5.91. The zero-order chi connectivity index (χ0) is 19.5. The van der Waals surface area contributed by atoms with Gasteiger partial charge in [0.15, 0.2) is 0 Å². The van der Waals surface area contributed by atoms with E-state index in [1.165, 1.54) is 6.08 Å². The largest absolute Gasteiger partial charge is 0.491 e. The zero-order valence-electron chi connectivity index (χ0n) is 16.1. The average molecular weight is 370 g/mol. The Hall–Kier alpha value is -2.79. The molecule has 0 saturated heterocycles. The fourth-order valence-corrected chi connectivity index (χ4v) is 2.45. The predicted octanol–water partition coefficient (Wildman–Crippen LogP) is 4.26. The second kappa shape index (κ2) is 11.0. The van der Waals surface area contributed by atoms with Crippen molar-refractivity contribution < 1.29 is 23.7 Å². The van der Waals surface area contributed by atoms with E-state index in [4.69, 9.17) is 18.9 Å². The zero-order valence-corrected chi connectivity index (χ0v) is 16.1. The highest BCUT2D eigenvalue weighted by Gasteiger charge is 2.10. The summed E-state index contributed by atoms with van der Waals surface area (Å²) in [6.07, 6.45) is 1.47. The topological polar surface area (TPSA) is 54.0 Å². The van der Waals surface area contributed by atoms with Crippen LogP contribution in [0.4, 0.5) is 0 Å². The van der Waals surface area contributed by atoms with Gasteiger partial charge in [0.2, 0.25) is 0 Å². The third kappa shape index (κ3) is 6.79. The average Bonchev–Trinajstić information content (AvgIpc) is 2.67. The summed E-state index contributed by atoms with van der Waals surface area (Å²) in [5.41, 5.74) is 2.64. The van der Waals surface area contributed by atoms with E-state index in [9.17, 15) is 4.79 Å². The fraction of sp³-hybridized carbons (Fsp3) is 0.318. The van der Waals surface area contributed by atoms with Crippen molar-refractivity contribution >= 4 is 11.5 Å². The third-order valence-corrected chi connectivity index (χ3v) is 3.79. The van der Waals surface area contributed by atoms with Gasteiger partial charge in [-0.15, -0.1) is 0 Å². The molecule has 0 atom stereocenters. The van der Waals surface area contributed by atoms with Crippen LogP contribution in [-0.4, -0.2) is 32.9 Å². The molecule has 144 valence electrons. The van der Waals surface area contributed by atoms with Crippen LogP contribution in [0.2, 0.25) is 0 Å². The number of esters is 1. The summed E-state index contributed by atoms with van der Waals surface area (Å²) >= 11 is 0. The van der Waals surface area contributed by atoms with Crippen LogP contribution in [0.5, 0.6) is 11.5 Å². The lowest BCUT2D eigenvalue weighted by Crippen LogP contribution is -2.05. The Kier molecular flexibility index (Phi) is 8.39. The molecule has 2 aromatic rings. The van der Waals surface area contributed by atoms with E-state index < -0.39 is 0 Å². The van der Waals surface area contributed by atoms with Crippen molar-refractivity contribution in [1.29, 1.82) is 0 Å². The first-order chi connectivity index (χ1) is 13.1. The van der Waals surface area contributed by atoms with Gasteiger partial charge >= 0.3 is 5.97 Å². The molecule has 5 nitrogen and oxygen atoms in total. The van der Waals surface area contributed by atoms with E-state index in [1.807, 2.05) is 55.5 Å². The smallest absolute Gasteiger partial charge is 0.331 e. The second-order valence-corrected chi connectivity index (χ2v) is 5.85. The molecule has 0 saturated carbocycles. The minimum atomic E-state index is -0.371. The number of ether oxygens (including phenoxy) is 4. The van der Waals surface area contributed by atoms with Gasteiger partial charge in [0, 0.05) is 24.8 Å². The number of methoxy groups -OCH3 is 1. The first-order valence-electron chi connectivity index (χ1n) is 8.92. The Morgan fingerprint density at radius 3 is 2.52 bits per heavy atom. The van der Waals surface area contributed by atoms with Crippen LogP contribution in [0.3, 0.4) is 0 Å². The van der Waals surface area contributed by atoms with Crippen molar-refractivity contribution in [2.75, 3.05) is 26.9 Å². The number of carbonyl (C=O) groups is 1. The van der Waals surface area contributed by atoms with Gasteiger partial charge in [-0.2, -0.15) is 0 Å². The summed E-state index contributed by atoms with van der Waals surface area (Å²) in [4.78, 5) is 11.8. The Labute approximate surface area is 160 Å².